The molecule has 1 fully saturated rings. The summed E-state index contributed by atoms with van der Waals surface area (Å²) in [6.45, 7) is 6.18. The van der Waals surface area contributed by atoms with Crippen LogP contribution in [0.5, 0.6) is 0 Å². The number of pyridine rings is 1. The average molecular weight is 419 g/mol. The van der Waals surface area contributed by atoms with Crippen LogP contribution in [0.1, 0.15) is 25.8 Å². The average Bonchev–Trinajstić information content (AvgIpc) is 2.95. The molecule has 2 aromatic heterocycles. The van der Waals surface area contributed by atoms with E-state index in [4.69, 9.17) is 17.0 Å². The molecule has 0 aliphatic carbocycles. The molecule has 2 aromatic rings. The van der Waals surface area contributed by atoms with Gasteiger partial charge in [0.05, 0.1) is 10.5 Å². The van der Waals surface area contributed by atoms with E-state index < -0.39 is 0 Å². The molecule has 28 heavy (non-hydrogen) atoms. The minimum atomic E-state index is -0.233. The molecule has 0 atom stereocenters. The van der Waals surface area contributed by atoms with Crippen molar-refractivity contribution < 1.29 is 9.53 Å². The van der Waals surface area contributed by atoms with Gasteiger partial charge in [-0.1, -0.05) is 30.0 Å². The number of carbonyl (C=O) groups excluding carboxylic acids is 1. The van der Waals surface area contributed by atoms with E-state index in [1.165, 1.54) is 16.2 Å². The number of amides is 1. The first kappa shape index (κ1) is 20.5. The van der Waals surface area contributed by atoms with Crippen LogP contribution < -0.4 is 10.9 Å². The number of hydrogen-bond acceptors (Lipinski definition) is 7. The molecule has 7 nitrogen and oxygen atoms in total. The number of carbonyl (C=O) groups is 1. The zero-order valence-corrected chi connectivity index (χ0v) is 17.4. The molecular weight excluding hydrogens is 396 g/mol. The zero-order valence-electron chi connectivity index (χ0n) is 15.8. The van der Waals surface area contributed by atoms with E-state index in [1.54, 1.807) is 29.3 Å². The lowest BCUT2D eigenvalue weighted by atomic mass is 10.2. The van der Waals surface area contributed by atoms with Gasteiger partial charge in [-0.2, -0.15) is 0 Å². The van der Waals surface area contributed by atoms with Crippen molar-refractivity contribution in [1.82, 2.24) is 14.3 Å². The van der Waals surface area contributed by atoms with Crippen molar-refractivity contribution in [2.45, 2.75) is 20.3 Å². The molecule has 1 saturated heterocycles. The molecule has 0 bridgehead atoms. The molecule has 0 aromatic carbocycles. The first-order valence-corrected chi connectivity index (χ1v) is 10.4. The Morgan fingerprint density at radius 2 is 2.14 bits per heavy atom. The van der Waals surface area contributed by atoms with Crippen LogP contribution in [0.4, 0.5) is 5.82 Å². The molecule has 3 heterocycles. The van der Waals surface area contributed by atoms with E-state index in [9.17, 15) is 9.59 Å². The van der Waals surface area contributed by atoms with Gasteiger partial charge in [0.2, 0.25) is 0 Å². The summed E-state index contributed by atoms with van der Waals surface area (Å²) in [5.74, 6) is 0.270. The zero-order chi connectivity index (χ0) is 20.1. The van der Waals surface area contributed by atoms with Gasteiger partial charge in [0.15, 0.2) is 0 Å². The van der Waals surface area contributed by atoms with Crippen LogP contribution in [-0.2, 0) is 9.53 Å². The van der Waals surface area contributed by atoms with Crippen molar-refractivity contribution in [3.63, 3.8) is 0 Å². The molecule has 1 aliphatic rings. The quantitative estimate of drug-likeness (QED) is 0.401. The molecule has 0 unspecified atom stereocenters. The third-order valence-electron chi connectivity index (χ3n) is 4.14. The minimum Gasteiger partial charge on any atom is -0.382 e. The van der Waals surface area contributed by atoms with Crippen molar-refractivity contribution in [3.8, 4) is 0 Å². The van der Waals surface area contributed by atoms with Crippen molar-refractivity contribution in [3.05, 3.63) is 45.2 Å². The minimum absolute atomic E-state index is 0.188. The van der Waals surface area contributed by atoms with E-state index in [0.29, 0.717) is 59.0 Å². The highest BCUT2D eigenvalue weighted by molar-refractivity contribution is 8.26. The summed E-state index contributed by atoms with van der Waals surface area (Å²) in [4.78, 5) is 32.3. The molecule has 148 valence electrons. The van der Waals surface area contributed by atoms with Gasteiger partial charge in [-0.3, -0.25) is 18.9 Å². The van der Waals surface area contributed by atoms with Crippen molar-refractivity contribution in [1.29, 1.82) is 0 Å². The molecule has 0 spiro atoms. The van der Waals surface area contributed by atoms with Gasteiger partial charge in [0, 0.05) is 32.5 Å². The molecule has 1 amide bonds. The number of thioether (sulfide) groups is 1. The number of fused-ring (bicyclic) bond motifs is 1. The topological polar surface area (TPSA) is 75.9 Å². The molecule has 1 N–H and O–H groups in total. The van der Waals surface area contributed by atoms with Crippen molar-refractivity contribution in [2.75, 3.05) is 31.6 Å². The molecule has 9 heteroatoms. The normalized spacial score (nSPS) is 15.8. The third kappa shape index (κ3) is 4.26. The molecule has 0 radical (unpaired) electrons. The lowest BCUT2D eigenvalue weighted by molar-refractivity contribution is -0.122. The van der Waals surface area contributed by atoms with Gasteiger partial charge in [0.25, 0.3) is 11.5 Å². The molecule has 1 aliphatic heterocycles. The Morgan fingerprint density at radius 3 is 2.89 bits per heavy atom. The monoisotopic (exact) mass is 418 g/mol. The highest BCUT2D eigenvalue weighted by atomic mass is 32.2. The number of rotatable bonds is 8. The predicted molar refractivity (Wildman–Crippen MR) is 117 cm³/mol. The van der Waals surface area contributed by atoms with Crippen LogP contribution in [0.2, 0.25) is 0 Å². The van der Waals surface area contributed by atoms with Gasteiger partial charge < -0.3 is 10.1 Å². The van der Waals surface area contributed by atoms with Gasteiger partial charge in [-0.05, 0) is 38.5 Å². The SMILES string of the molecule is CCNc1nc2ccccn2c(=O)c1/C=C1/SC(=S)N(CCCOCC)C1=O. The van der Waals surface area contributed by atoms with Crippen LogP contribution >= 0.6 is 24.0 Å². The Kier molecular flexibility index (Phi) is 6.82. The third-order valence-corrected chi connectivity index (χ3v) is 5.51. The maximum Gasteiger partial charge on any atom is 0.267 e. The van der Waals surface area contributed by atoms with Crippen LogP contribution in [0.15, 0.2) is 34.1 Å². The first-order valence-electron chi connectivity index (χ1n) is 9.15. The highest BCUT2D eigenvalue weighted by Crippen LogP contribution is 2.33. The Bertz CT molecular complexity index is 987. The second kappa shape index (κ2) is 9.31. The lowest BCUT2D eigenvalue weighted by Gasteiger charge is -2.14. The smallest absolute Gasteiger partial charge is 0.267 e. The number of aromatic nitrogens is 2. The van der Waals surface area contributed by atoms with Crippen LogP contribution in [-0.4, -0.2) is 50.8 Å². The standard InChI is InChI=1S/C19H22N4O3S2/c1-3-20-16-13(17(24)22-9-6-5-8-15(22)21-16)12-14-18(25)23(19(27)28-14)10-7-11-26-4-2/h5-6,8-9,12,20H,3-4,7,10-11H2,1-2H3/b14-12+. The van der Waals surface area contributed by atoms with Gasteiger partial charge >= 0.3 is 0 Å². The maximum absolute atomic E-state index is 13.0. The van der Waals surface area contributed by atoms with Gasteiger partial charge in [0.1, 0.15) is 15.8 Å². The summed E-state index contributed by atoms with van der Waals surface area (Å²) in [5, 5.41) is 3.12. The van der Waals surface area contributed by atoms with E-state index >= 15 is 0 Å². The molecular formula is C19H22N4O3S2. The fourth-order valence-corrected chi connectivity index (χ4v) is 4.12. The summed E-state index contributed by atoms with van der Waals surface area (Å²) in [6, 6.07) is 5.36. The maximum atomic E-state index is 13.0. The first-order chi connectivity index (χ1) is 13.6. The number of ether oxygens (including phenoxy) is 1. The summed E-state index contributed by atoms with van der Waals surface area (Å²) in [6.07, 6.45) is 3.96. The lowest BCUT2D eigenvalue weighted by Crippen LogP contribution is -2.29. The van der Waals surface area contributed by atoms with E-state index in [0.717, 1.165) is 0 Å². The van der Waals surface area contributed by atoms with Gasteiger partial charge in [-0.25, -0.2) is 4.98 Å². The van der Waals surface area contributed by atoms with Crippen LogP contribution in [0, 0.1) is 0 Å². The Morgan fingerprint density at radius 1 is 1.32 bits per heavy atom. The largest absolute Gasteiger partial charge is 0.382 e. The predicted octanol–water partition coefficient (Wildman–Crippen LogP) is 2.75. The van der Waals surface area contributed by atoms with E-state index in [1.807, 2.05) is 19.9 Å². The Hall–Kier alpha value is -2.23. The summed E-state index contributed by atoms with van der Waals surface area (Å²) in [5.41, 5.74) is 0.660. The van der Waals surface area contributed by atoms with E-state index in [-0.39, 0.29) is 11.5 Å². The van der Waals surface area contributed by atoms with Crippen molar-refractivity contribution >= 4 is 51.7 Å². The number of hydrogen-bond donors (Lipinski definition) is 1. The summed E-state index contributed by atoms with van der Waals surface area (Å²) >= 11 is 6.56. The number of nitrogens with zero attached hydrogens (tertiary/aromatic N) is 3. The fourth-order valence-electron chi connectivity index (χ4n) is 2.83. The van der Waals surface area contributed by atoms with Crippen LogP contribution in [0.3, 0.4) is 0 Å². The number of anilines is 1. The number of nitrogens with one attached hydrogen (secondary N) is 1. The summed E-state index contributed by atoms with van der Waals surface area (Å²) in [7, 11) is 0. The highest BCUT2D eigenvalue weighted by Gasteiger charge is 2.32. The fraction of sp³-hybridized carbons (Fsp3) is 0.368. The van der Waals surface area contributed by atoms with E-state index in [2.05, 4.69) is 10.3 Å². The Labute approximate surface area is 172 Å². The molecule has 0 saturated carbocycles. The molecule has 3 rings (SSSR count). The number of thiocarbonyl (C=S) groups is 1. The van der Waals surface area contributed by atoms with Crippen LogP contribution in [0.25, 0.3) is 11.7 Å². The second-order valence-corrected chi connectivity index (χ2v) is 7.70. The Balaban J connectivity index is 1.94. The summed E-state index contributed by atoms with van der Waals surface area (Å²) < 4.78 is 7.28. The second-order valence-electron chi connectivity index (χ2n) is 6.02. The van der Waals surface area contributed by atoms with Crippen molar-refractivity contribution in [2.24, 2.45) is 0 Å². The van der Waals surface area contributed by atoms with Gasteiger partial charge in [-0.15, -0.1) is 0 Å².